The van der Waals surface area contributed by atoms with Crippen LogP contribution in [0.5, 0.6) is 0 Å². The second kappa shape index (κ2) is 8.39. The first-order valence-electron chi connectivity index (χ1n) is 9.53. The maximum Gasteiger partial charge on any atom is 0.417 e. The molecule has 0 saturated carbocycles. The van der Waals surface area contributed by atoms with Crippen molar-refractivity contribution >= 4 is 15.9 Å². The minimum Gasteiger partial charge on any atom is -0.352 e. The number of hydrogen-bond donors (Lipinski definition) is 1. The second-order valence-corrected chi connectivity index (χ2v) is 9.53. The molecule has 2 aromatic rings. The van der Waals surface area contributed by atoms with Crippen LogP contribution in [0.2, 0.25) is 0 Å². The van der Waals surface area contributed by atoms with Gasteiger partial charge in [-0.15, -0.1) is 0 Å². The third kappa shape index (κ3) is 4.67. The number of amides is 1. The van der Waals surface area contributed by atoms with Crippen LogP contribution in [0.15, 0.2) is 59.5 Å². The van der Waals surface area contributed by atoms with Crippen LogP contribution in [0.1, 0.15) is 30.9 Å². The van der Waals surface area contributed by atoms with Crippen molar-refractivity contribution in [3.8, 4) is 0 Å². The quantitative estimate of drug-likeness (QED) is 0.769. The van der Waals surface area contributed by atoms with E-state index in [-0.39, 0.29) is 31.8 Å². The Morgan fingerprint density at radius 1 is 1.03 bits per heavy atom. The van der Waals surface area contributed by atoms with Gasteiger partial charge in [0, 0.05) is 25.0 Å². The summed E-state index contributed by atoms with van der Waals surface area (Å²) in [7, 11) is -4.33. The molecule has 1 aliphatic rings. The molecule has 30 heavy (non-hydrogen) atoms. The van der Waals surface area contributed by atoms with Gasteiger partial charge in [0.25, 0.3) is 0 Å². The molecule has 0 radical (unpaired) electrons. The lowest BCUT2D eigenvalue weighted by molar-refractivity contribution is -0.139. The molecule has 3 rings (SSSR count). The minimum atomic E-state index is -4.77. The third-order valence-electron chi connectivity index (χ3n) is 5.48. The number of nitrogens with zero attached hydrogens (tertiary/aromatic N) is 1. The smallest absolute Gasteiger partial charge is 0.352 e. The number of alkyl halides is 3. The van der Waals surface area contributed by atoms with Gasteiger partial charge in [-0.05, 0) is 30.5 Å². The molecule has 0 bridgehead atoms. The number of piperidine rings is 1. The molecular weight excluding hydrogens is 417 g/mol. The van der Waals surface area contributed by atoms with Crippen molar-refractivity contribution in [3.05, 3.63) is 65.7 Å². The van der Waals surface area contributed by atoms with E-state index in [2.05, 4.69) is 5.32 Å². The Kier molecular flexibility index (Phi) is 6.24. The fraction of sp³-hybridized carbons (Fsp3) is 0.381. The van der Waals surface area contributed by atoms with E-state index in [1.165, 1.54) is 6.07 Å². The van der Waals surface area contributed by atoms with Gasteiger partial charge >= 0.3 is 6.18 Å². The van der Waals surface area contributed by atoms with E-state index in [0.29, 0.717) is 6.54 Å². The number of carbonyl (C=O) groups excluding carboxylic acids is 1. The molecule has 0 aromatic heterocycles. The molecular formula is C21H23F3N2O3S. The van der Waals surface area contributed by atoms with E-state index in [9.17, 15) is 26.4 Å². The summed E-state index contributed by atoms with van der Waals surface area (Å²) < 4.78 is 66.6. The Hall–Kier alpha value is -2.39. The van der Waals surface area contributed by atoms with Gasteiger partial charge in [0.1, 0.15) is 0 Å². The molecule has 162 valence electrons. The Morgan fingerprint density at radius 2 is 1.60 bits per heavy atom. The number of hydrogen-bond acceptors (Lipinski definition) is 3. The zero-order chi connectivity index (χ0) is 22.0. The highest BCUT2D eigenvalue weighted by atomic mass is 32.2. The second-order valence-electron chi connectivity index (χ2n) is 7.63. The highest BCUT2D eigenvalue weighted by Crippen LogP contribution is 2.38. The van der Waals surface area contributed by atoms with Gasteiger partial charge in [0.15, 0.2) is 0 Å². The van der Waals surface area contributed by atoms with E-state index < -0.39 is 32.1 Å². The average Bonchev–Trinajstić information content (AvgIpc) is 2.72. The summed E-state index contributed by atoms with van der Waals surface area (Å²) in [5.41, 5.74) is -1.03. The van der Waals surface area contributed by atoms with E-state index >= 15 is 0 Å². The lowest BCUT2D eigenvalue weighted by Crippen LogP contribution is -2.48. The van der Waals surface area contributed by atoms with Crippen LogP contribution in [0.3, 0.4) is 0 Å². The fourth-order valence-corrected chi connectivity index (χ4v) is 5.16. The summed E-state index contributed by atoms with van der Waals surface area (Å²) in [6.45, 7) is 2.06. The minimum absolute atomic E-state index is 0.0240. The molecule has 2 aromatic carbocycles. The van der Waals surface area contributed by atoms with Crippen LogP contribution < -0.4 is 5.32 Å². The summed E-state index contributed by atoms with van der Waals surface area (Å²) in [5, 5.41) is 2.87. The zero-order valence-electron chi connectivity index (χ0n) is 16.4. The maximum atomic E-state index is 13.3. The number of rotatable bonds is 5. The maximum absolute atomic E-state index is 13.3. The molecule has 9 heteroatoms. The van der Waals surface area contributed by atoms with Crippen molar-refractivity contribution in [2.75, 3.05) is 13.1 Å². The third-order valence-corrected chi connectivity index (χ3v) is 7.44. The van der Waals surface area contributed by atoms with Crippen LogP contribution >= 0.6 is 0 Å². The molecule has 5 nitrogen and oxygen atoms in total. The van der Waals surface area contributed by atoms with Crippen molar-refractivity contribution < 1.29 is 26.4 Å². The van der Waals surface area contributed by atoms with Crippen LogP contribution in [0.25, 0.3) is 0 Å². The molecule has 0 aliphatic carbocycles. The lowest BCUT2D eigenvalue weighted by atomic mass is 9.80. The summed E-state index contributed by atoms with van der Waals surface area (Å²) >= 11 is 0. The number of benzene rings is 2. The van der Waals surface area contributed by atoms with Crippen LogP contribution in [0, 0.1) is 5.41 Å². The van der Waals surface area contributed by atoms with Crippen molar-refractivity contribution in [2.24, 2.45) is 5.41 Å². The Balaban J connectivity index is 1.69. The topological polar surface area (TPSA) is 66.5 Å². The highest BCUT2D eigenvalue weighted by Gasteiger charge is 2.43. The first-order valence-corrected chi connectivity index (χ1v) is 11.0. The summed E-state index contributed by atoms with van der Waals surface area (Å²) in [6, 6.07) is 13.5. The van der Waals surface area contributed by atoms with E-state index in [4.69, 9.17) is 0 Å². The predicted molar refractivity (Wildman–Crippen MR) is 106 cm³/mol. The molecule has 1 heterocycles. The van der Waals surface area contributed by atoms with Gasteiger partial charge in [-0.3, -0.25) is 4.79 Å². The Morgan fingerprint density at radius 3 is 2.20 bits per heavy atom. The number of carbonyl (C=O) groups is 1. The largest absolute Gasteiger partial charge is 0.417 e. The fourth-order valence-electron chi connectivity index (χ4n) is 3.50. The molecule has 0 atom stereocenters. The van der Waals surface area contributed by atoms with Gasteiger partial charge in [-0.2, -0.15) is 17.5 Å². The van der Waals surface area contributed by atoms with E-state index in [1.54, 1.807) is 6.92 Å². The molecule has 0 unspecified atom stereocenters. The first kappa shape index (κ1) is 22.3. The predicted octanol–water partition coefficient (Wildman–Crippen LogP) is 3.81. The van der Waals surface area contributed by atoms with Crippen molar-refractivity contribution in [3.63, 3.8) is 0 Å². The standard InChI is InChI=1S/C21H23F3N2O3S/c1-20(19(27)25-15-16-7-3-2-4-8-16)11-13-26(14-12-20)30(28,29)18-10-6-5-9-17(18)21(22,23)24/h2-10H,11-15H2,1H3,(H,25,27). The van der Waals surface area contributed by atoms with E-state index in [1.807, 2.05) is 30.3 Å². The molecule has 1 saturated heterocycles. The van der Waals surface area contributed by atoms with E-state index in [0.717, 1.165) is 28.1 Å². The van der Waals surface area contributed by atoms with Crippen LogP contribution in [-0.2, 0) is 27.5 Å². The van der Waals surface area contributed by atoms with Gasteiger partial charge in [0.05, 0.1) is 10.5 Å². The molecule has 1 amide bonds. The lowest BCUT2D eigenvalue weighted by Gasteiger charge is -2.37. The number of sulfonamides is 1. The zero-order valence-corrected chi connectivity index (χ0v) is 17.3. The monoisotopic (exact) mass is 440 g/mol. The van der Waals surface area contributed by atoms with Crippen LogP contribution in [-0.4, -0.2) is 31.7 Å². The number of halogens is 3. The molecule has 1 fully saturated rings. The average molecular weight is 440 g/mol. The van der Waals surface area contributed by atoms with Gasteiger partial charge in [0.2, 0.25) is 15.9 Å². The molecule has 0 spiro atoms. The SMILES string of the molecule is CC1(C(=O)NCc2ccccc2)CCN(S(=O)(=O)c2ccccc2C(F)(F)F)CC1. The highest BCUT2D eigenvalue weighted by molar-refractivity contribution is 7.89. The van der Waals surface area contributed by atoms with Crippen molar-refractivity contribution in [2.45, 2.75) is 37.4 Å². The van der Waals surface area contributed by atoms with Crippen molar-refractivity contribution in [1.82, 2.24) is 9.62 Å². The molecule has 1 N–H and O–H groups in total. The molecule has 1 aliphatic heterocycles. The Labute approximate surface area is 173 Å². The normalized spacial score (nSPS) is 17.5. The first-order chi connectivity index (χ1) is 14.0. The summed E-state index contributed by atoms with van der Waals surface area (Å²) in [6.07, 6.45) is -4.33. The van der Waals surface area contributed by atoms with Crippen LogP contribution in [0.4, 0.5) is 13.2 Å². The number of nitrogens with one attached hydrogen (secondary N) is 1. The Bertz CT molecular complexity index is 1000. The van der Waals surface area contributed by atoms with Gasteiger partial charge in [-0.1, -0.05) is 49.4 Å². The summed E-state index contributed by atoms with van der Waals surface area (Å²) in [5.74, 6) is -0.195. The van der Waals surface area contributed by atoms with Gasteiger partial charge in [-0.25, -0.2) is 8.42 Å². The summed E-state index contributed by atoms with van der Waals surface area (Å²) in [4.78, 5) is 11.9. The van der Waals surface area contributed by atoms with Crippen molar-refractivity contribution in [1.29, 1.82) is 0 Å². The van der Waals surface area contributed by atoms with Gasteiger partial charge < -0.3 is 5.32 Å².